The van der Waals surface area contributed by atoms with Crippen molar-refractivity contribution in [2.24, 2.45) is 0 Å². The molecule has 2 aromatic carbocycles. The number of aryl methyl sites for hydroxylation is 1. The van der Waals surface area contributed by atoms with Crippen LogP contribution < -0.4 is 29.6 Å². The molecule has 0 spiro atoms. The van der Waals surface area contributed by atoms with Gasteiger partial charge < -0.3 is 29.6 Å². The second kappa shape index (κ2) is 12.7. The van der Waals surface area contributed by atoms with Crippen LogP contribution in [0.15, 0.2) is 60.9 Å². The molecule has 40 heavy (non-hydrogen) atoms. The van der Waals surface area contributed by atoms with Crippen LogP contribution in [0.25, 0.3) is 0 Å². The highest BCUT2D eigenvalue weighted by Gasteiger charge is 2.36. The van der Waals surface area contributed by atoms with Crippen LogP contribution in [0, 0.1) is 0 Å². The van der Waals surface area contributed by atoms with Crippen molar-refractivity contribution < 1.29 is 28.5 Å². The Balaban J connectivity index is 1.40. The fourth-order valence-corrected chi connectivity index (χ4v) is 5.02. The van der Waals surface area contributed by atoms with E-state index < -0.39 is 0 Å². The molecule has 5 aliphatic rings. The minimum absolute atomic E-state index is 0.0733. The number of hydrogen-bond donors (Lipinski definition) is 2. The number of ether oxygens (including phenoxy) is 4. The van der Waals surface area contributed by atoms with E-state index in [4.69, 9.17) is 18.9 Å². The van der Waals surface area contributed by atoms with E-state index in [1.54, 1.807) is 32.7 Å². The third-order valence-corrected chi connectivity index (χ3v) is 7.09. The van der Waals surface area contributed by atoms with Crippen molar-refractivity contribution in [2.75, 3.05) is 33.9 Å². The van der Waals surface area contributed by atoms with Gasteiger partial charge >= 0.3 is 0 Å². The average Bonchev–Trinajstić information content (AvgIpc) is 3.33. The van der Waals surface area contributed by atoms with Gasteiger partial charge in [0.15, 0.2) is 18.1 Å². The van der Waals surface area contributed by atoms with Gasteiger partial charge in [-0.1, -0.05) is 6.07 Å². The second-order valence-electron chi connectivity index (χ2n) is 9.90. The van der Waals surface area contributed by atoms with Gasteiger partial charge in [0.2, 0.25) is 5.91 Å². The first-order valence-electron chi connectivity index (χ1n) is 13.3. The maximum absolute atomic E-state index is 13.0. The maximum Gasteiger partial charge on any atom is 0.258 e. The minimum atomic E-state index is -0.305. The van der Waals surface area contributed by atoms with Gasteiger partial charge in [0.25, 0.3) is 5.91 Å². The number of pyridine rings is 1. The number of nitrogens with one attached hydrogen (secondary N) is 2. The van der Waals surface area contributed by atoms with Crippen LogP contribution in [-0.4, -0.2) is 67.8 Å². The van der Waals surface area contributed by atoms with Gasteiger partial charge in [-0.15, -0.1) is 0 Å². The van der Waals surface area contributed by atoms with Gasteiger partial charge in [-0.3, -0.25) is 19.5 Å². The molecule has 2 atom stereocenters. The van der Waals surface area contributed by atoms with Gasteiger partial charge in [0.1, 0.15) is 17.6 Å². The molecular formula is C30H34N4O6. The molecule has 8 rings (SSSR count). The van der Waals surface area contributed by atoms with Gasteiger partial charge in [-0.25, -0.2) is 0 Å². The first kappa shape index (κ1) is 27.3. The van der Waals surface area contributed by atoms with E-state index >= 15 is 0 Å². The Morgan fingerprint density at radius 2 is 1.77 bits per heavy atom. The van der Waals surface area contributed by atoms with Crippen LogP contribution in [0.3, 0.4) is 0 Å². The molecule has 2 amide bonds. The van der Waals surface area contributed by atoms with Crippen LogP contribution >= 0.6 is 0 Å². The Hall–Kier alpha value is -4.31. The number of rotatable bonds is 4. The lowest BCUT2D eigenvalue weighted by molar-refractivity contribution is -0.124. The van der Waals surface area contributed by atoms with Gasteiger partial charge in [0.05, 0.1) is 20.3 Å². The zero-order valence-electron chi connectivity index (χ0n) is 22.7. The third-order valence-electron chi connectivity index (χ3n) is 7.09. The molecule has 0 radical (unpaired) electrons. The van der Waals surface area contributed by atoms with E-state index in [1.165, 1.54) is 0 Å². The first-order chi connectivity index (χ1) is 19.5. The molecule has 210 valence electrons. The predicted molar refractivity (Wildman–Crippen MR) is 148 cm³/mol. The molecule has 1 fully saturated rings. The van der Waals surface area contributed by atoms with E-state index in [-0.39, 0.29) is 30.6 Å². The van der Waals surface area contributed by atoms with E-state index in [1.807, 2.05) is 42.5 Å². The van der Waals surface area contributed by atoms with Gasteiger partial charge in [-0.05, 0) is 53.9 Å². The summed E-state index contributed by atoms with van der Waals surface area (Å²) in [5.41, 5.74) is 2.90. The quantitative estimate of drug-likeness (QED) is 0.514. The Bertz CT molecular complexity index is 1340. The number of benzene rings is 2. The molecule has 0 unspecified atom stereocenters. The minimum Gasteiger partial charge on any atom is -0.496 e. The second-order valence-corrected chi connectivity index (χ2v) is 9.90. The summed E-state index contributed by atoms with van der Waals surface area (Å²) in [7, 11) is 3.14. The van der Waals surface area contributed by atoms with Crippen LogP contribution in [0.2, 0.25) is 0 Å². The molecule has 10 nitrogen and oxygen atoms in total. The lowest BCUT2D eigenvalue weighted by Crippen LogP contribution is -2.46. The molecule has 0 saturated carbocycles. The van der Waals surface area contributed by atoms with Crippen molar-refractivity contribution in [2.45, 2.75) is 38.1 Å². The van der Waals surface area contributed by atoms with E-state index in [0.717, 1.165) is 16.7 Å². The molecule has 3 aromatic rings. The summed E-state index contributed by atoms with van der Waals surface area (Å²) >= 11 is 0. The van der Waals surface area contributed by atoms with Crippen molar-refractivity contribution in [3.05, 3.63) is 77.6 Å². The molecule has 6 heterocycles. The summed E-state index contributed by atoms with van der Waals surface area (Å²) < 4.78 is 23.3. The van der Waals surface area contributed by atoms with Crippen LogP contribution in [0.4, 0.5) is 0 Å². The fourth-order valence-electron chi connectivity index (χ4n) is 5.02. The molecule has 5 aliphatic heterocycles. The molecule has 0 aliphatic carbocycles. The number of nitrogens with zero attached hydrogens (tertiary/aromatic N) is 2. The SMILES string of the molecule is COc1cc2ccc1CNC(=O)CCc1ccc(c(OC)c1)OCC(=O)N[C@@H]1CN(Cc3ccncc3)C[C@H]1O2. The van der Waals surface area contributed by atoms with Gasteiger partial charge in [-0.2, -0.15) is 0 Å². The summed E-state index contributed by atoms with van der Waals surface area (Å²) in [6, 6.07) is 14.7. The smallest absolute Gasteiger partial charge is 0.258 e. The number of hydrogen-bond acceptors (Lipinski definition) is 8. The summed E-state index contributed by atoms with van der Waals surface area (Å²) in [6.07, 6.45) is 4.09. The first-order valence-corrected chi connectivity index (χ1v) is 13.3. The van der Waals surface area contributed by atoms with Crippen LogP contribution in [-0.2, 0) is 29.1 Å². The Kier molecular flexibility index (Phi) is 8.65. The number of methoxy groups -OCH3 is 2. The Labute approximate surface area is 233 Å². The van der Waals surface area contributed by atoms with Crippen LogP contribution in [0.5, 0.6) is 23.0 Å². The topological polar surface area (TPSA) is 111 Å². The van der Waals surface area contributed by atoms with E-state index in [0.29, 0.717) is 62.0 Å². The summed E-state index contributed by atoms with van der Waals surface area (Å²) in [5, 5.41) is 6.08. The highest BCUT2D eigenvalue weighted by atomic mass is 16.5. The van der Waals surface area contributed by atoms with Crippen molar-refractivity contribution in [3.8, 4) is 23.0 Å². The predicted octanol–water partition coefficient (Wildman–Crippen LogP) is 2.49. The number of carbonyl (C=O) groups excluding carboxylic acids is 2. The number of amides is 2. The lowest BCUT2D eigenvalue weighted by Gasteiger charge is -2.22. The van der Waals surface area contributed by atoms with Crippen molar-refractivity contribution in [1.29, 1.82) is 0 Å². The monoisotopic (exact) mass is 546 g/mol. The number of carbonyl (C=O) groups is 2. The van der Waals surface area contributed by atoms with E-state index in [2.05, 4.69) is 20.5 Å². The maximum atomic E-state index is 13.0. The summed E-state index contributed by atoms with van der Waals surface area (Å²) in [6.45, 7) is 2.09. The fraction of sp³-hybridized carbons (Fsp3) is 0.367. The van der Waals surface area contributed by atoms with E-state index in [9.17, 15) is 9.59 Å². The number of aromatic nitrogens is 1. The van der Waals surface area contributed by atoms with Crippen molar-refractivity contribution in [1.82, 2.24) is 20.5 Å². The normalized spacial score (nSPS) is 20.1. The Morgan fingerprint density at radius 3 is 2.58 bits per heavy atom. The number of likely N-dealkylation sites (tertiary alicyclic amines) is 1. The zero-order valence-corrected chi connectivity index (χ0v) is 22.7. The van der Waals surface area contributed by atoms with Crippen molar-refractivity contribution >= 4 is 11.8 Å². The average molecular weight is 547 g/mol. The summed E-state index contributed by atoms with van der Waals surface area (Å²) in [4.78, 5) is 31.9. The highest BCUT2D eigenvalue weighted by molar-refractivity contribution is 5.78. The summed E-state index contributed by atoms with van der Waals surface area (Å²) in [5.74, 6) is 1.88. The molecule has 1 aromatic heterocycles. The lowest BCUT2D eigenvalue weighted by atomic mass is 10.1. The molecular weight excluding hydrogens is 512 g/mol. The standard InChI is InChI=1S/C30H34N4O6/c1-37-26-14-23-6-5-22(26)15-32-29(35)8-4-20-3-7-25(27(13-20)38-2)39-19-30(36)33-24-17-34(18-28(24)40-23)16-21-9-11-31-12-10-21/h3,5-7,9-14,24,28H,4,8,15-19H2,1-2H3,(H,32,35)(H,33,36)/t24-,28-/m1/s1. The highest BCUT2D eigenvalue weighted by Crippen LogP contribution is 2.30. The van der Waals surface area contributed by atoms with Crippen LogP contribution in [0.1, 0.15) is 23.1 Å². The largest absolute Gasteiger partial charge is 0.496 e. The van der Waals surface area contributed by atoms with Crippen molar-refractivity contribution in [3.63, 3.8) is 0 Å². The van der Waals surface area contributed by atoms with Gasteiger partial charge in [0, 0.05) is 56.6 Å². The molecule has 4 bridgehead atoms. The molecule has 2 N–H and O–H groups in total. The third kappa shape index (κ3) is 6.81. The molecule has 10 heteroatoms. The molecule has 1 saturated heterocycles. The zero-order chi connectivity index (χ0) is 27.9. The Morgan fingerprint density at radius 1 is 0.950 bits per heavy atom.